The van der Waals surface area contributed by atoms with Gasteiger partial charge in [-0.1, -0.05) is 0 Å². The first-order valence-electron chi connectivity index (χ1n) is 5.15. The zero-order valence-corrected chi connectivity index (χ0v) is 10.4. The Morgan fingerprint density at radius 2 is 2.20 bits per heavy atom. The van der Waals surface area contributed by atoms with E-state index in [0.717, 1.165) is 15.6 Å². The number of phenolic OH excluding ortho intramolecular Hbond substituents is 1. The molecule has 0 unspecified atom stereocenters. The van der Waals surface area contributed by atoms with Crippen LogP contribution in [-0.2, 0) is 0 Å². The van der Waals surface area contributed by atoms with Crippen LogP contribution >= 0.6 is 0 Å². The molecule has 2 rings (SSSR count). The van der Waals surface area contributed by atoms with Crippen molar-refractivity contribution in [3.63, 3.8) is 0 Å². The molecule has 0 bridgehead atoms. The van der Waals surface area contributed by atoms with Crippen LogP contribution in [0.15, 0.2) is 28.7 Å². The summed E-state index contributed by atoms with van der Waals surface area (Å²) in [5, 5.41) is 11.6. The molecular formula is C12H14O2Se. The fourth-order valence-corrected chi connectivity index (χ4v) is 3.47. The van der Waals surface area contributed by atoms with Crippen LogP contribution in [0.25, 0.3) is 11.0 Å². The second-order valence-corrected chi connectivity index (χ2v) is 5.80. The number of aromatic hydroxyl groups is 1. The van der Waals surface area contributed by atoms with Crippen molar-refractivity contribution in [1.82, 2.24) is 0 Å². The normalized spacial score (nSPS) is 11.0. The fourth-order valence-electron chi connectivity index (χ4n) is 1.38. The van der Waals surface area contributed by atoms with Gasteiger partial charge in [0.05, 0.1) is 0 Å². The number of rotatable bonds is 4. The van der Waals surface area contributed by atoms with Crippen LogP contribution in [0.3, 0.4) is 0 Å². The number of hydrogen-bond donors (Lipinski definition) is 1. The van der Waals surface area contributed by atoms with Gasteiger partial charge in [0.15, 0.2) is 0 Å². The van der Waals surface area contributed by atoms with Crippen molar-refractivity contribution in [2.45, 2.75) is 25.1 Å². The first kappa shape index (κ1) is 10.6. The Hall–Kier alpha value is -0.921. The molecule has 0 fully saturated rings. The Balaban J connectivity index is 2.16. The minimum absolute atomic E-state index is 0.268. The summed E-state index contributed by atoms with van der Waals surface area (Å²) in [5.74, 6) is 0.268. The van der Waals surface area contributed by atoms with Crippen molar-refractivity contribution in [2.24, 2.45) is 0 Å². The van der Waals surface area contributed by atoms with E-state index in [-0.39, 0.29) is 5.75 Å². The average molecular weight is 269 g/mol. The van der Waals surface area contributed by atoms with Crippen LogP contribution in [0.1, 0.15) is 19.8 Å². The average Bonchev–Trinajstić information content (AvgIpc) is 2.60. The van der Waals surface area contributed by atoms with E-state index in [1.165, 1.54) is 18.2 Å². The van der Waals surface area contributed by atoms with Gasteiger partial charge in [-0.15, -0.1) is 0 Å². The van der Waals surface area contributed by atoms with Gasteiger partial charge in [0, 0.05) is 0 Å². The third kappa shape index (κ3) is 2.55. The predicted octanol–water partition coefficient (Wildman–Crippen LogP) is 2.69. The van der Waals surface area contributed by atoms with Crippen LogP contribution in [0.2, 0.25) is 5.32 Å². The van der Waals surface area contributed by atoms with Crippen LogP contribution in [0.4, 0.5) is 0 Å². The number of unbranched alkanes of at least 4 members (excludes halogenated alkanes) is 1. The van der Waals surface area contributed by atoms with E-state index in [0.29, 0.717) is 15.0 Å². The van der Waals surface area contributed by atoms with E-state index in [9.17, 15) is 5.11 Å². The van der Waals surface area contributed by atoms with Crippen LogP contribution in [0, 0.1) is 0 Å². The minimum atomic E-state index is 0.268. The zero-order chi connectivity index (χ0) is 10.7. The molecular weight excluding hydrogens is 255 g/mol. The molecule has 0 amide bonds. The third-order valence-electron chi connectivity index (χ3n) is 2.22. The molecule has 0 aliphatic heterocycles. The number of phenols is 1. The summed E-state index contributed by atoms with van der Waals surface area (Å²) in [7, 11) is 0. The van der Waals surface area contributed by atoms with E-state index in [4.69, 9.17) is 4.42 Å². The first-order valence-corrected chi connectivity index (χ1v) is 7.22. The third-order valence-corrected chi connectivity index (χ3v) is 4.28. The van der Waals surface area contributed by atoms with Gasteiger partial charge in [-0.05, 0) is 0 Å². The molecule has 2 aromatic rings. The number of furan rings is 1. The molecule has 0 radical (unpaired) electrons. The topological polar surface area (TPSA) is 33.4 Å². The summed E-state index contributed by atoms with van der Waals surface area (Å²) >= 11 is 0.435. The molecule has 0 saturated carbocycles. The summed E-state index contributed by atoms with van der Waals surface area (Å²) in [4.78, 5) is 0. The van der Waals surface area contributed by atoms with Gasteiger partial charge >= 0.3 is 95.2 Å². The maximum absolute atomic E-state index is 9.30. The summed E-state index contributed by atoms with van der Waals surface area (Å²) in [5.41, 5.74) is 0.795. The maximum atomic E-state index is 9.30. The van der Waals surface area contributed by atoms with Crippen molar-refractivity contribution < 1.29 is 9.52 Å². The van der Waals surface area contributed by atoms with E-state index in [1.807, 2.05) is 6.07 Å². The molecule has 3 heteroatoms. The van der Waals surface area contributed by atoms with Crippen molar-refractivity contribution in [1.29, 1.82) is 0 Å². The van der Waals surface area contributed by atoms with Gasteiger partial charge < -0.3 is 0 Å². The summed E-state index contributed by atoms with van der Waals surface area (Å²) in [6.45, 7) is 2.20. The Labute approximate surface area is 95.4 Å². The van der Waals surface area contributed by atoms with Gasteiger partial charge in [0.2, 0.25) is 0 Å². The summed E-state index contributed by atoms with van der Waals surface area (Å²) in [6, 6.07) is 7.35. The Morgan fingerprint density at radius 1 is 1.33 bits per heavy atom. The number of hydrogen-bond acceptors (Lipinski definition) is 2. The fraction of sp³-hybridized carbons (Fsp3) is 0.333. The van der Waals surface area contributed by atoms with Crippen molar-refractivity contribution in [2.75, 3.05) is 0 Å². The van der Waals surface area contributed by atoms with E-state index >= 15 is 0 Å². The second kappa shape index (κ2) is 4.73. The predicted molar refractivity (Wildman–Crippen MR) is 63.0 cm³/mol. The SMILES string of the molecule is CCCC[Se]c1cc2ccc(O)cc2o1. The van der Waals surface area contributed by atoms with Gasteiger partial charge in [-0.2, -0.15) is 0 Å². The molecule has 0 aliphatic rings. The number of benzene rings is 1. The number of fused-ring (bicyclic) bond motifs is 1. The van der Waals surface area contributed by atoms with Crippen LogP contribution in [0.5, 0.6) is 5.75 Å². The Morgan fingerprint density at radius 3 is 3.00 bits per heavy atom. The molecule has 1 aromatic carbocycles. The monoisotopic (exact) mass is 270 g/mol. The van der Waals surface area contributed by atoms with E-state index in [1.54, 1.807) is 12.1 Å². The molecule has 0 spiro atoms. The zero-order valence-electron chi connectivity index (χ0n) is 8.69. The molecule has 15 heavy (non-hydrogen) atoms. The van der Waals surface area contributed by atoms with E-state index in [2.05, 4.69) is 13.0 Å². The molecule has 0 atom stereocenters. The molecule has 1 heterocycles. The van der Waals surface area contributed by atoms with Crippen molar-refractivity contribution in [3.8, 4) is 5.75 Å². The molecule has 0 aliphatic carbocycles. The quantitative estimate of drug-likeness (QED) is 0.684. The van der Waals surface area contributed by atoms with Gasteiger partial charge in [0.25, 0.3) is 0 Å². The van der Waals surface area contributed by atoms with Crippen molar-refractivity contribution >= 4 is 30.6 Å². The molecule has 80 valence electrons. The van der Waals surface area contributed by atoms with Crippen molar-refractivity contribution in [3.05, 3.63) is 24.3 Å². The van der Waals surface area contributed by atoms with E-state index < -0.39 is 0 Å². The summed E-state index contributed by atoms with van der Waals surface area (Å²) in [6.07, 6.45) is 2.51. The second-order valence-electron chi connectivity index (χ2n) is 3.49. The summed E-state index contributed by atoms with van der Waals surface area (Å²) < 4.78 is 6.74. The Kier molecular flexibility index (Phi) is 3.34. The van der Waals surface area contributed by atoms with Gasteiger partial charge in [-0.3, -0.25) is 0 Å². The molecule has 2 nitrogen and oxygen atoms in total. The standard InChI is InChI=1S/C12H14O2Se/c1-2-3-6-15-12-7-9-4-5-10(13)8-11(9)14-12/h4-5,7-8,13H,2-3,6H2,1H3. The van der Waals surface area contributed by atoms with Crippen LogP contribution in [-0.4, -0.2) is 20.1 Å². The molecule has 1 N–H and O–H groups in total. The molecule has 0 saturated heterocycles. The molecule has 1 aromatic heterocycles. The first-order chi connectivity index (χ1) is 7.29. The van der Waals surface area contributed by atoms with Crippen LogP contribution < -0.4 is 4.66 Å². The van der Waals surface area contributed by atoms with Gasteiger partial charge in [-0.25, -0.2) is 0 Å². The Bertz CT molecular complexity index is 448. The van der Waals surface area contributed by atoms with Gasteiger partial charge in [0.1, 0.15) is 0 Å².